The van der Waals surface area contributed by atoms with Crippen molar-refractivity contribution in [3.8, 4) is 0 Å². The average molecular weight is 428 g/mol. The van der Waals surface area contributed by atoms with E-state index in [-0.39, 0.29) is 12.8 Å². The quantitative estimate of drug-likeness (QED) is 0.214. The standard InChI is InChI=1S/C17H34O8P2/c1-22-26(20,23-2)16(18)14-12-10-8-6-5-7-9-11-13-15-17(19)27(21,24-3)25-4/h5-15H2,1-4H3. The zero-order valence-corrected chi connectivity index (χ0v) is 18.7. The summed E-state index contributed by atoms with van der Waals surface area (Å²) in [5.74, 6) is 0. The van der Waals surface area contributed by atoms with Crippen molar-refractivity contribution in [2.75, 3.05) is 28.4 Å². The molecule has 0 aliphatic rings. The summed E-state index contributed by atoms with van der Waals surface area (Å²) in [6, 6.07) is 0. The highest BCUT2D eigenvalue weighted by Gasteiger charge is 2.31. The molecule has 0 amide bonds. The molecule has 0 N–H and O–H groups in total. The van der Waals surface area contributed by atoms with Gasteiger partial charge < -0.3 is 18.1 Å². The minimum Gasteiger partial charge on any atom is -0.307 e. The molecule has 27 heavy (non-hydrogen) atoms. The van der Waals surface area contributed by atoms with Gasteiger partial charge in [0, 0.05) is 41.3 Å². The van der Waals surface area contributed by atoms with Crippen molar-refractivity contribution in [3.05, 3.63) is 0 Å². The van der Waals surface area contributed by atoms with Gasteiger partial charge in [0.1, 0.15) is 0 Å². The Kier molecular flexibility index (Phi) is 14.4. The van der Waals surface area contributed by atoms with Crippen LogP contribution in [0.1, 0.15) is 70.6 Å². The van der Waals surface area contributed by atoms with E-state index in [0.717, 1.165) is 44.9 Å². The molecule has 8 nitrogen and oxygen atoms in total. The Balaban J connectivity index is 3.61. The number of hydrogen-bond donors (Lipinski definition) is 0. The summed E-state index contributed by atoms with van der Waals surface area (Å²) in [4.78, 5) is 23.5. The van der Waals surface area contributed by atoms with E-state index in [1.165, 1.54) is 28.4 Å². The molecular weight excluding hydrogens is 394 g/mol. The third-order valence-electron chi connectivity index (χ3n) is 4.35. The summed E-state index contributed by atoms with van der Waals surface area (Å²) in [5, 5.41) is 0. The first kappa shape index (κ1) is 26.6. The molecule has 0 radical (unpaired) electrons. The molecule has 0 spiro atoms. The fourth-order valence-corrected chi connectivity index (χ4v) is 4.60. The zero-order chi connectivity index (χ0) is 20.8. The normalized spacial score (nSPS) is 12.3. The Morgan fingerprint density at radius 1 is 0.519 bits per heavy atom. The van der Waals surface area contributed by atoms with Gasteiger partial charge in [-0.2, -0.15) is 0 Å². The predicted octanol–water partition coefficient (Wildman–Crippen LogP) is 5.30. The molecule has 160 valence electrons. The lowest BCUT2D eigenvalue weighted by Gasteiger charge is -2.11. The van der Waals surface area contributed by atoms with Crippen LogP contribution in [0.4, 0.5) is 0 Å². The highest BCUT2D eigenvalue weighted by Crippen LogP contribution is 2.49. The van der Waals surface area contributed by atoms with E-state index < -0.39 is 26.2 Å². The smallest absolute Gasteiger partial charge is 0.307 e. The Hall–Kier alpha value is -0.360. The van der Waals surface area contributed by atoms with Gasteiger partial charge in [0.2, 0.25) is 11.0 Å². The van der Waals surface area contributed by atoms with Crippen LogP contribution in [0, 0.1) is 0 Å². The van der Waals surface area contributed by atoms with Crippen molar-refractivity contribution < 1.29 is 36.8 Å². The van der Waals surface area contributed by atoms with Crippen molar-refractivity contribution in [2.45, 2.75) is 70.6 Å². The van der Waals surface area contributed by atoms with Gasteiger partial charge in [-0.3, -0.25) is 18.7 Å². The van der Waals surface area contributed by atoms with Crippen molar-refractivity contribution in [1.82, 2.24) is 0 Å². The average Bonchev–Trinajstić information content (AvgIpc) is 2.70. The monoisotopic (exact) mass is 428 g/mol. The van der Waals surface area contributed by atoms with Crippen LogP contribution in [0.3, 0.4) is 0 Å². The fourth-order valence-electron chi connectivity index (χ4n) is 2.62. The molecule has 0 saturated heterocycles. The Labute approximate surface area is 162 Å². The van der Waals surface area contributed by atoms with Crippen LogP contribution >= 0.6 is 15.2 Å². The summed E-state index contributed by atoms with van der Waals surface area (Å²) in [7, 11) is -2.28. The number of carbonyl (C=O) groups excluding carboxylic acids is 2. The number of unbranched alkanes of at least 4 members (excludes halogenated alkanes) is 8. The third kappa shape index (κ3) is 10.1. The minimum atomic E-state index is -3.57. The molecule has 0 aromatic rings. The first-order valence-corrected chi connectivity index (χ1v) is 12.4. The number of carbonyl (C=O) groups is 2. The third-order valence-corrected chi connectivity index (χ3v) is 7.95. The molecule has 0 saturated carbocycles. The van der Waals surface area contributed by atoms with Gasteiger partial charge in [-0.25, -0.2) is 0 Å². The van der Waals surface area contributed by atoms with E-state index in [2.05, 4.69) is 18.1 Å². The summed E-state index contributed by atoms with van der Waals surface area (Å²) in [5.41, 5.74) is -0.929. The van der Waals surface area contributed by atoms with Gasteiger partial charge in [0.15, 0.2) is 0 Å². The molecular formula is C17H34O8P2. The molecule has 0 atom stereocenters. The lowest BCUT2D eigenvalue weighted by molar-refractivity contribution is -0.114. The molecule has 0 aromatic heterocycles. The van der Waals surface area contributed by atoms with E-state index in [9.17, 15) is 18.7 Å². The van der Waals surface area contributed by atoms with Crippen molar-refractivity contribution in [2.24, 2.45) is 0 Å². The van der Waals surface area contributed by atoms with Gasteiger partial charge in [-0.1, -0.05) is 44.9 Å². The van der Waals surface area contributed by atoms with Gasteiger partial charge in [-0.05, 0) is 12.8 Å². The van der Waals surface area contributed by atoms with Gasteiger partial charge >= 0.3 is 15.2 Å². The lowest BCUT2D eigenvalue weighted by atomic mass is 10.1. The van der Waals surface area contributed by atoms with E-state index in [0.29, 0.717) is 12.8 Å². The van der Waals surface area contributed by atoms with Crippen LogP contribution < -0.4 is 0 Å². The Bertz CT molecular complexity index is 473. The van der Waals surface area contributed by atoms with Crippen LogP contribution in [0.25, 0.3) is 0 Å². The van der Waals surface area contributed by atoms with Crippen LogP contribution in [0.5, 0.6) is 0 Å². The highest BCUT2D eigenvalue weighted by molar-refractivity contribution is 7.72. The van der Waals surface area contributed by atoms with Gasteiger partial charge in [-0.15, -0.1) is 0 Å². The first-order valence-electron chi connectivity index (χ1n) is 9.29. The highest BCUT2D eigenvalue weighted by atomic mass is 31.2. The molecule has 0 aromatic carbocycles. The molecule has 0 aliphatic heterocycles. The zero-order valence-electron chi connectivity index (χ0n) is 16.9. The van der Waals surface area contributed by atoms with Crippen LogP contribution in [0.15, 0.2) is 0 Å². The maximum Gasteiger partial charge on any atom is 0.396 e. The number of hydrogen-bond acceptors (Lipinski definition) is 8. The topological polar surface area (TPSA) is 105 Å². The van der Waals surface area contributed by atoms with Crippen LogP contribution in [-0.4, -0.2) is 39.5 Å². The second-order valence-corrected chi connectivity index (χ2v) is 10.6. The molecule has 0 bridgehead atoms. The fraction of sp³-hybridized carbons (Fsp3) is 0.882. The first-order chi connectivity index (χ1) is 12.8. The maximum atomic E-state index is 11.8. The molecule has 0 rings (SSSR count). The van der Waals surface area contributed by atoms with E-state index in [1.54, 1.807) is 0 Å². The maximum absolute atomic E-state index is 11.8. The molecule has 0 heterocycles. The molecule has 10 heteroatoms. The number of rotatable bonds is 18. The van der Waals surface area contributed by atoms with Crippen molar-refractivity contribution in [3.63, 3.8) is 0 Å². The van der Waals surface area contributed by atoms with Gasteiger partial charge in [0.25, 0.3) is 0 Å². The predicted molar refractivity (Wildman–Crippen MR) is 104 cm³/mol. The van der Waals surface area contributed by atoms with E-state index in [4.69, 9.17) is 0 Å². The summed E-state index contributed by atoms with van der Waals surface area (Å²) in [6.07, 6.45) is 8.83. The summed E-state index contributed by atoms with van der Waals surface area (Å²) >= 11 is 0. The minimum absolute atomic E-state index is 0.208. The largest absolute Gasteiger partial charge is 0.396 e. The molecule has 0 fully saturated rings. The molecule has 0 aliphatic carbocycles. The second kappa shape index (κ2) is 14.6. The summed E-state index contributed by atoms with van der Waals surface area (Å²) in [6.45, 7) is 0. The van der Waals surface area contributed by atoms with Crippen molar-refractivity contribution >= 4 is 26.2 Å². The lowest BCUT2D eigenvalue weighted by Crippen LogP contribution is -2.03. The SMILES string of the molecule is COP(=O)(OC)C(=O)CCCCCCCCCCCC(=O)P(=O)(OC)OC. The Morgan fingerprint density at radius 3 is 0.963 bits per heavy atom. The second-order valence-electron chi connectivity index (χ2n) is 6.19. The van der Waals surface area contributed by atoms with Crippen LogP contribution in [0.2, 0.25) is 0 Å². The Morgan fingerprint density at radius 2 is 0.741 bits per heavy atom. The van der Waals surface area contributed by atoms with E-state index >= 15 is 0 Å². The van der Waals surface area contributed by atoms with Gasteiger partial charge in [0.05, 0.1) is 0 Å². The summed E-state index contributed by atoms with van der Waals surface area (Å²) < 4.78 is 42.3. The molecule has 0 unspecified atom stereocenters. The van der Waals surface area contributed by atoms with E-state index in [1.807, 2.05) is 0 Å². The van der Waals surface area contributed by atoms with Crippen molar-refractivity contribution in [1.29, 1.82) is 0 Å². The van der Waals surface area contributed by atoms with Crippen LogP contribution in [-0.2, 0) is 36.8 Å².